The largest absolute Gasteiger partial charge is 0.294 e. The van der Waals surface area contributed by atoms with E-state index in [1.807, 2.05) is 13.0 Å². The van der Waals surface area contributed by atoms with Crippen molar-refractivity contribution in [2.45, 2.75) is 26.2 Å². The van der Waals surface area contributed by atoms with E-state index in [4.69, 9.17) is 0 Å². The lowest BCUT2D eigenvalue weighted by atomic mass is 9.96. The lowest BCUT2D eigenvalue weighted by Gasteiger charge is -2.13. The molecule has 5 rings (SSSR count). The zero-order chi connectivity index (χ0) is 23.7. The summed E-state index contributed by atoms with van der Waals surface area (Å²) in [6.07, 6.45) is 5.14. The second kappa shape index (κ2) is 9.02. The van der Waals surface area contributed by atoms with E-state index in [-0.39, 0.29) is 29.8 Å². The number of fused-ring (bicyclic) bond motifs is 1. The summed E-state index contributed by atoms with van der Waals surface area (Å²) in [6.45, 7) is 1.89. The lowest BCUT2D eigenvalue weighted by molar-refractivity contribution is 0.0991. The second-order valence-corrected chi connectivity index (χ2v) is 8.18. The van der Waals surface area contributed by atoms with Crippen molar-refractivity contribution in [3.05, 3.63) is 106 Å². The zero-order valence-corrected chi connectivity index (χ0v) is 18.4. The van der Waals surface area contributed by atoms with Crippen LogP contribution in [0.4, 0.5) is 14.5 Å². The van der Waals surface area contributed by atoms with Gasteiger partial charge in [0.05, 0.1) is 11.4 Å². The first kappa shape index (κ1) is 21.7. The zero-order valence-electron chi connectivity index (χ0n) is 18.4. The number of hydrogen-bond donors (Lipinski definition) is 0. The predicted molar refractivity (Wildman–Crippen MR) is 125 cm³/mol. The number of aliphatic imine (C=N–C) groups is 1. The number of aromatic nitrogens is 3. The second-order valence-electron chi connectivity index (χ2n) is 8.18. The molecule has 0 radical (unpaired) electrons. The van der Waals surface area contributed by atoms with Gasteiger partial charge in [0.1, 0.15) is 29.3 Å². The molecule has 5 nitrogen and oxygen atoms in total. The van der Waals surface area contributed by atoms with E-state index in [1.54, 1.807) is 42.7 Å². The number of hydrogen-bond acceptors (Lipinski definition) is 5. The average molecular weight is 454 g/mol. The average Bonchev–Trinajstić information content (AvgIpc) is 3.33. The molecule has 4 aromatic rings. The highest BCUT2D eigenvalue weighted by molar-refractivity contribution is 5.97. The fourth-order valence-electron chi connectivity index (χ4n) is 4.12. The Balaban J connectivity index is 1.49. The van der Waals surface area contributed by atoms with E-state index >= 15 is 4.39 Å². The first-order chi connectivity index (χ1) is 16.5. The number of benzene rings is 2. The SMILES string of the molecule is Cc1cccc(C(=O)Cc2ccc(F)c(Cc3ncccc3-c3ncnc4c3N=CC4)c2F)c1. The molecule has 0 amide bonds. The molecule has 0 saturated carbocycles. The van der Waals surface area contributed by atoms with Crippen LogP contribution in [0.5, 0.6) is 0 Å². The van der Waals surface area contributed by atoms with Crippen molar-refractivity contribution in [1.29, 1.82) is 0 Å². The van der Waals surface area contributed by atoms with E-state index in [2.05, 4.69) is 19.9 Å². The van der Waals surface area contributed by atoms with Gasteiger partial charge in [-0.25, -0.2) is 18.7 Å². The Hall–Kier alpha value is -4.13. The van der Waals surface area contributed by atoms with Gasteiger partial charge in [0, 0.05) is 48.4 Å². The first-order valence-electron chi connectivity index (χ1n) is 10.9. The Morgan fingerprint density at radius 3 is 2.76 bits per heavy atom. The van der Waals surface area contributed by atoms with Crippen LogP contribution in [0, 0.1) is 18.6 Å². The molecule has 3 heterocycles. The van der Waals surface area contributed by atoms with Gasteiger partial charge in [0.2, 0.25) is 0 Å². The molecule has 0 fully saturated rings. The van der Waals surface area contributed by atoms with E-state index < -0.39 is 11.6 Å². The van der Waals surface area contributed by atoms with Gasteiger partial charge in [0.25, 0.3) is 0 Å². The highest BCUT2D eigenvalue weighted by Crippen LogP contribution is 2.35. The molecule has 2 aromatic carbocycles. The van der Waals surface area contributed by atoms with Crippen LogP contribution in [0.3, 0.4) is 0 Å². The number of carbonyl (C=O) groups is 1. The third-order valence-corrected chi connectivity index (χ3v) is 5.85. The van der Waals surface area contributed by atoms with Crippen molar-refractivity contribution >= 4 is 17.7 Å². The quantitative estimate of drug-likeness (QED) is 0.366. The van der Waals surface area contributed by atoms with Gasteiger partial charge in [0.15, 0.2) is 5.78 Å². The minimum absolute atomic E-state index is 0.0944. The number of nitrogens with zero attached hydrogens (tertiary/aromatic N) is 4. The fourth-order valence-corrected chi connectivity index (χ4v) is 4.12. The summed E-state index contributed by atoms with van der Waals surface area (Å²) in [7, 11) is 0. The molecule has 0 atom stereocenters. The number of Topliss-reactive ketones (excluding diaryl/α,β-unsaturated/α-hetero) is 1. The number of rotatable bonds is 6. The van der Waals surface area contributed by atoms with Crippen molar-refractivity contribution in [2.75, 3.05) is 0 Å². The Bertz CT molecular complexity index is 1450. The van der Waals surface area contributed by atoms with Crippen molar-refractivity contribution in [1.82, 2.24) is 15.0 Å². The molecule has 0 N–H and O–H groups in total. The Kier molecular flexibility index (Phi) is 5.76. The van der Waals surface area contributed by atoms with Crippen LogP contribution in [0.15, 0.2) is 66.0 Å². The maximum Gasteiger partial charge on any atom is 0.167 e. The van der Waals surface area contributed by atoms with Crippen LogP contribution >= 0.6 is 0 Å². The minimum atomic E-state index is -0.733. The molecule has 0 bridgehead atoms. The molecule has 1 aliphatic heterocycles. The van der Waals surface area contributed by atoms with Crippen LogP contribution in [0.1, 0.15) is 38.4 Å². The van der Waals surface area contributed by atoms with E-state index in [9.17, 15) is 9.18 Å². The summed E-state index contributed by atoms with van der Waals surface area (Å²) in [5.74, 6) is -1.65. The smallest absolute Gasteiger partial charge is 0.167 e. The first-order valence-corrected chi connectivity index (χ1v) is 10.9. The van der Waals surface area contributed by atoms with Crippen molar-refractivity contribution in [3.8, 4) is 11.3 Å². The third-order valence-electron chi connectivity index (χ3n) is 5.85. The van der Waals surface area contributed by atoms with E-state index in [0.717, 1.165) is 11.3 Å². The summed E-state index contributed by atoms with van der Waals surface area (Å²) >= 11 is 0. The summed E-state index contributed by atoms with van der Waals surface area (Å²) in [6, 6.07) is 13.2. The molecule has 0 spiro atoms. The summed E-state index contributed by atoms with van der Waals surface area (Å²) in [4.78, 5) is 30.1. The maximum atomic E-state index is 15.5. The molecule has 2 aromatic heterocycles. The van der Waals surface area contributed by atoms with Gasteiger partial charge >= 0.3 is 0 Å². The number of halogens is 2. The van der Waals surface area contributed by atoms with Gasteiger partial charge in [-0.15, -0.1) is 0 Å². The molecule has 7 heteroatoms. The summed E-state index contributed by atoms with van der Waals surface area (Å²) in [5.41, 5.74) is 4.57. The standard InChI is InChI=1S/C27H20F2N4O/c1-16-4-2-5-17(12-16)24(34)13-18-7-8-21(28)20(25(18)29)14-23-19(6-3-10-30-23)26-27-22(9-11-31-27)32-15-33-26/h2-8,10-12,15H,9,13-14H2,1H3. The van der Waals surface area contributed by atoms with Crippen molar-refractivity contribution < 1.29 is 13.6 Å². The molecule has 168 valence electrons. The molecular formula is C27H20F2N4O. The highest BCUT2D eigenvalue weighted by Gasteiger charge is 2.22. The van der Waals surface area contributed by atoms with Crippen molar-refractivity contribution in [2.24, 2.45) is 4.99 Å². The van der Waals surface area contributed by atoms with Gasteiger partial charge in [-0.1, -0.05) is 29.8 Å². The normalized spacial score (nSPS) is 12.1. The third kappa shape index (κ3) is 4.12. The Morgan fingerprint density at radius 1 is 1.03 bits per heavy atom. The Labute approximate surface area is 195 Å². The number of aryl methyl sites for hydroxylation is 1. The van der Waals surface area contributed by atoms with Gasteiger partial charge in [-0.05, 0) is 36.8 Å². The molecule has 0 unspecified atom stereocenters. The molecular weight excluding hydrogens is 434 g/mol. The maximum absolute atomic E-state index is 15.5. The minimum Gasteiger partial charge on any atom is -0.294 e. The number of carbonyl (C=O) groups excluding carboxylic acids is 1. The topological polar surface area (TPSA) is 68.1 Å². The molecule has 34 heavy (non-hydrogen) atoms. The predicted octanol–water partition coefficient (Wildman–Crippen LogP) is 5.40. The van der Waals surface area contributed by atoms with Crippen LogP contribution in [0.2, 0.25) is 0 Å². The highest BCUT2D eigenvalue weighted by atomic mass is 19.1. The molecule has 0 aliphatic carbocycles. The lowest BCUT2D eigenvalue weighted by Crippen LogP contribution is -2.09. The van der Waals surface area contributed by atoms with E-state index in [1.165, 1.54) is 18.5 Å². The fraction of sp³-hybridized carbons (Fsp3) is 0.148. The number of ketones is 1. The van der Waals surface area contributed by atoms with Gasteiger partial charge in [-0.2, -0.15) is 0 Å². The van der Waals surface area contributed by atoms with Crippen LogP contribution in [-0.2, 0) is 19.3 Å². The molecule has 1 aliphatic rings. The molecule has 0 saturated heterocycles. The number of pyridine rings is 1. The van der Waals surface area contributed by atoms with Crippen molar-refractivity contribution in [3.63, 3.8) is 0 Å². The van der Waals surface area contributed by atoms with Gasteiger partial charge in [-0.3, -0.25) is 14.8 Å². The van der Waals surface area contributed by atoms with E-state index in [0.29, 0.717) is 34.6 Å². The monoisotopic (exact) mass is 454 g/mol. The van der Waals surface area contributed by atoms with Crippen LogP contribution < -0.4 is 0 Å². The summed E-state index contributed by atoms with van der Waals surface area (Å²) < 4.78 is 30.2. The Morgan fingerprint density at radius 2 is 1.91 bits per heavy atom. The van der Waals surface area contributed by atoms with Crippen LogP contribution in [-0.4, -0.2) is 26.9 Å². The van der Waals surface area contributed by atoms with Crippen LogP contribution in [0.25, 0.3) is 11.3 Å². The summed E-state index contributed by atoms with van der Waals surface area (Å²) in [5, 5.41) is 0. The van der Waals surface area contributed by atoms with Gasteiger partial charge < -0.3 is 0 Å².